The van der Waals surface area contributed by atoms with Gasteiger partial charge in [0, 0.05) is 25.4 Å². The van der Waals surface area contributed by atoms with Gasteiger partial charge in [-0.2, -0.15) is 0 Å². The molecule has 1 N–H and O–H groups in total. The first-order valence-corrected chi connectivity index (χ1v) is 7.70. The lowest BCUT2D eigenvalue weighted by Crippen LogP contribution is -2.41. The van der Waals surface area contributed by atoms with Crippen LogP contribution in [0.1, 0.15) is 12.8 Å². The maximum absolute atomic E-state index is 11.7. The summed E-state index contributed by atoms with van der Waals surface area (Å²) in [4.78, 5) is 13.4. The lowest BCUT2D eigenvalue weighted by molar-refractivity contribution is -0.127. The Morgan fingerprint density at radius 3 is 2.81 bits per heavy atom. The molecule has 2 saturated heterocycles. The second-order valence-electron chi connectivity index (χ2n) is 4.83. The number of likely N-dealkylation sites (tertiary alicyclic amines) is 1. The number of hydrogen-bond donors (Lipinski definition) is 1. The maximum Gasteiger partial charge on any atom is 0.237 e. The highest BCUT2D eigenvalue weighted by Crippen LogP contribution is 2.24. The second kappa shape index (κ2) is 4.33. The predicted octanol–water partition coefficient (Wildman–Crippen LogP) is -0.759. The topological polar surface area (TPSA) is 66.5 Å². The summed E-state index contributed by atoms with van der Waals surface area (Å²) < 4.78 is 22.1. The Balaban J connectivity index is 1.95. The normalized spacial score (nSPS) is 30.2. The van der Waals surface area contributed by atoms with Crippen molar-refractivity contribution >= 4 is 15.7 Å². The van der Waals surface area contributed by atoms with Crippen molar-refractivity contribution in [2.24, 2.45) is 5.92 Å². The van der Waals surface area contributed by atoms with Crippen molar-refractivity contribution in [3.8, 4) is 0 Å². The van der Waals surface area contributed by atoms with Crippen molar-refractivity contribution in [2.45, 2.75) is 18.9 Å². The molecule has 6 heteroatoms. The number of amides is 1. The molecular weight excluding hydrogens is 228 g/mol. The SMILES string of the molecule is CS(=O)(=O)CC(=O)N1C[C@@H]2CCCN[C@@H]2C1. The van der Waals surface area contributed by atoms with E-state index >= 15 is 0 Å². The number of hydrogen-bond acceptors (Lipinski definition) is 4. The van der Waals surface area contributed by atoms with E-state index in [1.165, 1.54) is 0 Å². The fraction of sp³-hybridized carbons (Fsp3) is 0.900. The molecule has 0 spiro atoms. The molecule has 1 amide bonds. The fourth-order valence-corrected chi connectivity index (χ4v) is 3.20. The molecule has 0 aromatic heterocycles. The molecule has 0 aliphatic carbocycles. The largest absolute Gasteiger partial charge is 0.340 e. The van der Waals surface area contributed by atoms with E-state index in [1.54, 1.807) is 4.90 Å². The van der Waals surface area contributed by atoms with E-state index in [2.05, 4.69) is 5.32 Å². The number of sulfone groups is 1. The zero-order chi connectivity index (χ0) is 11.8. The van der Waals surface area contributed by atoms with Crippen LogP contribution in [0.5, 0.6) is 0 Å². The van der Waals surface area contributed by atoms with Crippen molar-refractivity contribution in [1.29, 1.82) is 0 Å². The van der Waals surface area contributed by atoms with Crippen molar-refractivity contribution < 1.29 is 13.2 Å². The monoisotopic (exact) mass is 246 g/mol. The molecule has 0 saturated carbocycles. The van der Waals surface area contributed by atoms with Gasteiger partial charge in [0.2, 0.25) is 5.91 Å². The van der Waals surface area contributed by atoms with Crippen LogP contribution >= 0.6 is 0 Å². The Bertz CT molecular complexity index is 366. The highest BCUT2D eigenvalue weighted by molar-refractivity contribution is 7.91. The van der Waals surface area contributed by atoms with Gasteiger partial charge in [-0.15, -0.1) is 0 Å². The van der Waals surface area contributed by atoms with Crippen LogP contribution in [0.2, 0.25) is 0 Å². The van der Waals surface area contributed by atoms with E-state index in [0.717, 1.165) is 25.6 Å². The lowest BCUT2D eigenvalue weighted by atomic mass is 9.94. The van der Waals surface area contributed by atoms with Crippen LogP contribution in [0.15, 0.2) is 0 Å². The molecule has 0 unspecified atom stereocenters. The van der Waals surface area contributed by atoms with Gasteiger partial charge in [0.1, 0.15) is 5.75 Å². The third kappa shape index (κ3) is 2.74. The lowest BCUT2D eigenvalue weighted by Gasteiger charge is -2.24. The van der Waals surface area contributed by atoms with Crippen LogP contribution in [0, 0.1) is 5.92 Å². The van der Waals surface area contributed by atoms with Crippen molar-refractivity contribution in [2.75, 3.05) is 31.6 Å². The van der Waals surface area contributed by atoms with E-state index in [1.807, 2.05) is 0 Å². The van der Waals surface area contributed by atoms with Crippen molar-refractivity contribution in [3.63, 3.8) is 0 Å². The zero-order valence-electron chi connectivity index (χ0n) is 9.48. The number of rotatable bonds is 2. The van der Waals surface area contributed by atoms with E-state index in [-0.39, 0.29) is 11.7 Å². The molecule has 0 bridgehead atoms. The van der Waals surface area contributed by atoms with Gasteiger partial charge in [-0.25, -0.2) is 8.42 Å². The molecule has 2 fully saturated rings. The van der Waals surface area contributed by atoms with Crippen LogP contribution in [-0.2, 0) is 14.6 Å². The van der Waals surface area contributed by atoms with Gasteiger partial charge in [-0.1, -0.05) is 0 Å². The van der Waals surface area contributed by atoms with Crippen LogP contribution in [0.25, 0.3) is 0 Å². The molecule has 0 aromatic rings. The Morgan fingerprint density at radius 2 is 2.19 bits per heavy atom. The molecule has 16 heavy (non-hydrogen) atoms. The van der Waals surface area contributed by atoms with Gasteiger partial charge < -0.3 is 10.2 Å². The van der Waals surface area contributed by atoms with Gasteiger partial charge in [0.05, 0.1) is 0 Å². The average molecular weight is 246 g/mol. The molecule has 2 heterocycles. The fourth-order valence-electron chi connectivity index (χ4n) is 2.57. The van der Waals surface area contributed by atoms with Gasteiger partial charge in [0.25, 0.3) is 0 Å². The Kier molecular flexibility index (Phi) is 3.21. The first-order chi connectivity index (χ1) is 7.46. The first-order valence-electron chi connectivity index (χ1n) is 5.64. The number of piperidine rings is 1. The molecule has 2 atom stereocenters. The number of carbonyl (C=O) groups excluding carboxylic acids is 1. The van der Waals surface area contributed by atoms with Crippen LogP contribution in [0.4, 0.5) is 0 Å². The van der Waals surface area contributed by atoms with E-state index in [0.29, 0.717) is 25.0 Å². The number of nitrogens with one attached hydrogen (secondary N) is 1. The quantitative estimate of drug-likeness (QED) is 0.695. The zero-order valence-corrected chi connectivity index (χ0v) is 10.3. The van der Waals surface area contributed by atoms with Gasteiger partial charge in [-0.05, 0) is 25.3 Å². The summed E-state index contributed by atoms with van der Waals surface area (Å²) in [5.74, 6) is -0.0946. The minimum atomic E-state index is -3.21. The Labute approximate surface area is 96.1 Å². The van der Waals surface area contributed by atoms with Gasteiger partial charge in [0.15, 0.2) is 9.84 Å². The third-order valence-electron chi connectivity index (χ3n) is 3.34. The van der Waals surface area contributed by atoms with Crippen LogP contribution in [-0.4, -0.2) is 56.9 Å². The minimum Gasteiger partial charge on any atom is -0.340 e. The molecule has 2 aliphatic heterocycles. The van der Waals surface area contributed by atoms with Crippen molar-refractivity contribution in [1.82, 2.24) is 10.2 Å². The Hall–Kier alpha value is -0.620. The summed E-state index contributed by atoms with van der Waals surface area (Å²) in [7, 11) is -3.21. The number of carbonyl (C=O) groups is 1. The molecular formula is C10H18N2O3S. The molecule has 5 nitrogen and oxygen atoms in total. The van der Waals surface area contributed by atoms with Crippen LogP contribution < -0.4 is 5.32 Å². The van der Waals surface area contributed by atoms with Crippen molar-refractivity contribution in [3.05, 3.63) is 0 Å². The average Bonchev–Trinajstić information content (AvgIpc) is 2.58. The second-order valence-corrected chi connectivity index (χ2v) is 6.97. The molecule has 0 aromatic carbocycles. The predicted molar refractivity (Wildman–Crippen MR) is 60.8 cm³/mol. The summed E-state index contributed by atoms with van der Waals surface area (Å²) in [5.41, 5.74) is 0. The van der Waals surface area contributed by atoms with E-state index in [4.69, 9.17) is 0 Å². The molecule has 0 radical (unpaired) electrons. The van der Waals surface area contributed by atoms with E-state index in [9.17, 15) is 13.2 Å². The van der Waals surface area contributed by atoms with Gasteiger partial charge in [-0.3, -0.25) is 4.79 Å². The maximum atomic E-state index is 11.7. The third-order valence-corrected chi connectivity index (χ3v) is 4.11. The minimum absolute atomic E-state index is 0.251. The summed E-state index contributed by atoms with van der Waals surface area (Å²) >= 11 is 0. The molecule has 2 aliphatic rings. The smallest absolute Gasteiger partial charge is 0.237 e. The first kappa shape index (κ1) is 11.9. The number of nitrogens with zero attached hydrogens (tertiary/aromatic N) is 1. The van der Waals surface area contributed by atoms with E-state index < -0.39 is 9.84 Å². The van der Waals surface area contributed by atoms with Crippen LogP contribution in [0.3, 0.4) is 0 Å². The Morgan fingerprint density at radius 1 is 1.44 bits per heavy atom. The summed E-state index contributed by atoms with van der Waals surface area (Å²) in [6.45, 7) is 2.39. The number of fused-ring (bicyclic) bond motifs is 1. The summed E-state index contributed by atoms with van der Waals surface area (Å²) in [5, 5.41) is 3.39. The molecule has 2 rings (SSSR count). The highest BCUT2D eigenvalue weighted by atomic mass is 32.2. The molecule has 92 valence electrons. The summed E-state index contributed by atoms with van der Waals surface area (Å²) in [6.07, 6.45) is 3.39. The standard InChI is InChI=1S/C10H18N2O3S/c1-16(14,15)7-10(13)12-5-8-3-2-4-11-9(8)6-12/h8-9,11H,2-7H2,1H3/t8-,9+/m0/s1. The summed E-state index contributed by atoms with van der Waals surface area (Å²) in [6, 6.07) is 0.372. The highest BCUT2D eigenvalue weighted by Gasteiger charge is 2.36. The van der Waals surface area contributed by atoms with Gasteiger partial charge >= 0.3 is 0 Å².